The number of amides is 1. The molecule has 2 N–H and O–H groups in total. The van der Waals surface area contributed by atoms with Crippen LogP contribution in [0, 0.1) is 11.3 Å². The number of aromatic amines is 1. The highest BCUT2D eigenvalue weighted by atomic mass is 16.5. The summed E-state index contributed by atoms with van der Waals surface area (Å²) in [6.07, 6.45) is 1.51. The van der Waals surface area contributed by atoms with Crippen molar-refractivity contribution in [3.8, 4) is 17.6 Å². The second kappa shape index (κ2) is 12.3. The molecular weight excluding hydrogens is 510 g/mol. The van der Waals surface area contributed by atoms with Gasteiger partial charge < -0.3 is 9.47 Å². The lowest BCUT2D eigenvalue weighted by molar-refractivity contribution is 0.0751. The van der Waals surface area contributed by atoms with E-state index in [1.54, 1.807) is 31.4 Å². The summed E-state index contributed by atoms with van der Waals surface area (Å²) in [7, 11) is 1.60. The minimum atomic E-state index is -0.216. The first-order valence-electron chi connectivity index (χ1n) is 12.5. The third kappa shape index (κ3) is 6.11. The van der Waals surface area contributed by atoms with E-state index in [4.69, 9.17) is 9.47 Å². The minimum Gasteiger partial charge on any atom is -0.493 e. The van der Waals surface area contributed by atoms with E-state index in [0.29, 0.717) is 35.9 Å². The number of nitriles is 1. The number of carbonyl (C=O) groups is 1. The van der Waals surface area contributed by atoms with Crippen LogP contribution < -0.4 is 14.9 Å². The predicted octanol–water partition coefficient (Wildman–Crippen LogP) is 3.77. The summed E-state index contributed by atoms with van der Waals surface area (Å²) in [5.74, 6) is 1.17. The molecule has 0 spiro atoms. The first-order chi connectivity index (χ1) is 19.6. The standard InChI is InChI=1S/C28H25N9O3/c1-39-25-14-11-21(16-26(25)40-18-19-6-3-2-4-7-19)23-8-5-15-37(34-23)28(38)20-9-12-22(13-10-20)30-31-24(17-29)27-32-35-36-33-27/h2-4,6-7,9-14,16,30H,5,8,15,18H2,1H3,(H,32,33,35,36). The lowest BCUT2D eigenvalue weighted by atomic mass is 10.0. The number of hydrazone groups is 2. The van der Waals surface area contributed by atoms with Crippen molar-refractivity contribution >= 4 is 23.0 Å². The molecule has 0 unspecified atom stereocenters. The van der Waals surface area contributed by atoms with Crippen molar-refractivity contribution in [3.63, 3.8) is 0 Å². The molecule has 0 saturated carbocycles. The zero-order valence-corrected chi connectivity index (χ0v) is 21.6. The van der Waals surface area contributed by atoms with Crippen molar-refractivity contribution in [1.29, 1.82) is 5.26 Å². The number of hydrogen-bond acceptors (Lipinski definition) is 10. The average Bonchev–Trinajstić information content (AvgIpc) is 3.56. The van der Waals surface area contributed by atoms with Gasteiger partial charge in [0.15, 0.2) is 11.5 Å². The zero-order valence-electron chi connectivity index (χ0n) is 21.6. The number of rotatable bonds is 9. The highest BCUT2D eigenvalue weighted by molar-refractivity contribution is 6.09. The van der Waals surface area contributed by atoms with E-state index >= 15 is 0 Å². The van der Waals surface area contributed by atoms with Crippen LogP contribution in [0.15, 0.2) is 83.0 Å². The zero-order chi connectivity index (χ0) is 27.7. The van der Waals surface area contributed by atoms with Gasteiger partial charge in [-0.25, -0.2) is 10.1 Å². The number of anilines is 1. The summed E-state index contributed by atoms with van der Waals surface area (Å²) in [6, 6.07) is 24.2. The third-order valence-electron chi connectivity index (χ3n) is 6.10. The molecule has 12 nitrogen and oxygen atoms in total. The molecule has 0 bridgehead atoms. The molecule has 4 aromatic rings. The molecular formula is C28H25N9O3. The molecule has 1 amide bonds. The van der Waals surface area contributed by atoms with E-state index in [1.165, 1.54) is 5.01 Å². The Labute approximate surface area is 229 Å². The smallest absolute Gasteiger partial charge is 0.273 e. The monoisotopic (exact) mass is 535 g/mol. The number of tetrazole rings is 1. The Balaban J connectivity index is 1.28. The van der Waals surface area contributed by atoms with Crippen LogP contribution in [0.4, 0.5) is 5.69 Å². The van der Waals surface area contributed by atoms with Crippen molar-refractivity contribution in [2.45, 2.75) is 19.4 Å². The normalized spacial score (nSPS) is 13.2. The number of nitrogens with zero attached hydrogens (tertiary/aromatic N) is 7. The highest BCUT2D eigenvalue weighted by Crippen LogP contribution is 2.30. The van der Waals surface area contributed by atoms with Crippen LogP contribution in [0.3, 0.4) is 0 Å². The first kappa shape index (κ1) is 26.1. The number of aromatic nitrogens is 4. The molecule has 1 aromatic heterocycles. The Morgan fingerprint density at radius 1 is 1.12 bits per heavy atom. The van der Waals surface area contributed by atoms with Crippen molar-refractivity contribution in [1.82, 2.24) is 25.6 Å². The maximum Gasteiger partial charge on any atom is 0.273 e. The van der Waals surface area contributed by atoms with Crippen molar-refractivity contribution in [3.05, 3.63) is 95.3 Å². The van der Waals surface area contributed by atoms with Crippen LogP contribution in [0.2, 0.25) is 0 Å². The van der Waals surface area contributed by atoms with Crippen LogP contribution in [-0.2, 0) is 6.61 Å². The summed E-state index contributed by atoms with van der Waals surface area (Å²) >= 11 is 0. The molecule has 0 fully saturated rings. The molecule has 40 heavy (non-hydrogen) atoms. The Bertz CT molecular complexity index is 1560. The van der Waals surface area contributed by atoms with Gasteiger partial charge in [-0.15, -0.1) is 5.10 Å². The van der Waals surface area contributed by atoms with Gasteiger partial charge in [0.25, 0.3) is 5.91 Å². The Hall–Kier alpha value is -5.57. The molecule has 0 saturated heterocycles. The number of H-pyrrole nitrogens is 1. The number of benzene rings is 3. The summed E-state index contributed by atoms with van der Waals surface area (Å²) in [6.45, 7) is 0.917. The number of ether oxygens (including phenoxy) is 2. The molecule has 12 heteroatoms. The summed E-state index contributed by atoms with van der Waals surface area (Å²) in [5, 5.41) is 32.4. The van der Waals surface area contributed by atoms with Gasteiger partial charge in [0.05, 0.1) is 18.5 Å². The van der Waals surface area contributed by atoms with E-state index in [-0.39, 0.29) is 17.4 Å². The quantitative estimate of drug-likeness (QED) is 0.243. The fourth-order valence-corrected chi connectivity index (χ4v) is 4.04. The van der Waals surface area contributed by atoms with Gasteiger partial charge in [-0.1, -0.05) is 30.3 Å². The molecule has 0 radical (unpaired) electrons. The Morgan fingerprint density at radius 2 is 1.95 bits per heavy atom. The van der Waals surface area contributed by atoms with Crippen LogP contribution in [0.5, 0.6) is 11.5 Å². The van der Waals surface area contributed by atoms with Gasteiger partial charge in [-0.2, -0.15) is 15.5 Å². The Morgan fingerprint density at radius 3 is 2.67 bits per heavy atom. The van der Waals surface area contributed by atoms with Gasteiger partial charge in [-0.05, 0) is 71.3 Å². The largest absolute Gasteiger partial charge is 0.493 e. The van der Waals surface area contributed by atoms with Gasteiger partial charge in [0.2, 0.25) is 11.5 Å². The van der Waals surface area contributed by atoms with E-state index in [0.717, 1.165) is 29.7 Å². The van der Waals surface area contributed by atoms with Gasteiger partial charge in [-0.3, -0.25) is 10.2 Å². The number of carbonyl (C=O) groups excluding carboxylic acids is 1. The lowest BCUT2D eigenvalue weighted by Crippen LogP contribution is -2.32. The fourth-order valence-electron chi connectivity index (χ4n) is 4.04. The van der Waals surface area contributed by atoms with Crippen LogP contribution >= 0.6 is 0 Å². The summed E-state index contributed by atoms with van der Waals surface area (Å²) in [4.78, 5) is 13.2. The van der Waals surface area contributed by atoms with Crippen molar-refractivity contribution in [2.24, 2.45) is 10.2 Å². The lowest BCUT2D eigenvalue weighted by Gasteiger charge is -2.24. The number of hydrogen-bond donors (Lipinski definition) is 2. The van der Waals surface area contributed by atoms with Gasteiger partial charge >= 0.3 is 0 Å². The van der Waals surface area contributed by atoms with E-state index in [1.807, 2.05) is 54.6 Å². The molecule has 5 rings (SSSR count). The Kier molecular flexibility index (Phi) is 8.02. The maximum absolute atomic E-state index is 13.2. The van der Waals surface area contributed by atoms with Crippen LogP contribution in [-0.4, -0.2) is 56.6 Å². The van der Waals surface area contributed by atoms with Crippen LogP contribution in [0.1, 0.15) is 40.2 Å². The van der Waals surface area contributed by atoms with E-state index in [9.17, 15) is 10.1 Å². The van der Waals surface area contributed by atoms with Gasteiger partial charge in [0.1, 0.15) is 12.7 Å². The fraction of sp³-hybridized carbons (Fsp3) is 0.179. The molecule has 0 aliphatic carbocycles. The first-order valence-corrected chi connectivity index (χ1v) is 12.5. The molecule has 200 valence electrons. The number of methoxy groups -OCH3 is 1. The second-order valence-electron chi connectivity index (χ2n) is 8.73. The topological polar surface area (TPSA) is 154 Å². The van der Waals surface area contributed by atoms with Crippen molar-refractivity contribution in [2.75, 3.05) is 19.1 Å². The highest BCUT2D eigenvalue weighted by Gasteiger charge is 2.21. The minimum absolute atomic E-state index is 0.00695. The molecule has 3 aromatic carbocycles. The van der Waals surface area contributed by atoms with Crippen LogP contribution in [0.25, 0.3) is 0 Å². The second-order valence-corrected chi connectivity index (χ2v) is 8.73. The summed E-state index contributed by atoms with van der Waals surface area (Å²) in [5.41, 5.74) is 6.53. The van der Waals surface area contributed by atoms with E-state index < -0.39 is 0 Å². The maximum atomic E-state index is 13.2. The number of nitrogens with one attached hydrogen (secondary N) is 2. The average molecular weight is 536 g/mol. The van der Waals surface area contributed by atoms with E-state index in [2.05, 4.69) is 36.3 Å². The van der Waals surface area contributed by atoms with Crippen molar-refractivity contribution < 1.29 is 14.3 Å². The molecule has 1 aliphatic heterocycles. The molecule has 0 atom stereocenters. The third-order valence-corrected chi connectivity index (χ3v) is 6.10. The predicted molar refractivity (Wildman–Crippen MR) is 147 cm³/mol. The molecule has 1 aliphatic rings. The van der Waals surface area contributed by atoms with Gasteiger partial charge in [0, 0.05) is 17.7 Å². The SMILES string of the molecule is COc1ccc(C2=NN(C(=O)c3ccc(NN=C(C#N)c4nnn[nH]4)cc3)CCC2)cc1OCc1ccccc1. The summed E-state index contributed by atoms with van der Waals surface area (Å²) < 4.78 is 11.5. The molecule has 2 heterocycles.